The third-order valence-corrected chi connectivity index (χ3v) is 3.67. The number of nitrogens with two attached hydrogens (primary N) is 1. The van der Waals surface area contributed by atoms with Crippen LogP contribution in [0.4, 0.5) is 5.82 Å². The Morgan fingerprint density at radius 1 is 1.33 bits per heavy atom. The van der Waals surface area contributed by atoms with Crippen LogP contribution in [-0.2, 0) is 0 Å². The van der Waals surface area contributed by atoms with Gasteiger partial charge in [0.15, 0.2) is 5.82 Å². The van der Waals surface area contributed by atoms with Gasteiger partial charge >= 0.3 is 0 Å². The second kappa shape index (κ2) is 4.89. The normalized spacial score (nSPS) is 24.3. The molecule has 0 amide bonds. The van der Waals surface area contributed by atoms with E-state index in [1.165, 1.54) is 12.8 Å². The van der Waals surface area contributed by atoms with Crippen LogP contribution < -0.4 is 11.1 Å². The zero-order valence-electron chi connectivity index (χ0n) is 10.3. The Bertz CT molecular complexity index is 514. The topological polar surface area (TPSA) is 81.1 Å². The Morgan fingerprint density at radius 2 is 2.17 bits per heavy atom. The highest BCUT2D eigenvalue weighted by Crippen LogP contribution is 2.23. The zero-order valence-corrected chi connectivity index (χ0v) is 10.3. The van der Waals surface area contributed by atoms with Gasteiger partial charge in [0.25, 0.3) is 0 Å². The molecule has 1 saturated carbocycles. The van der Waals surface area contributed by atoms with Crippen molar-refractivity contribution in [3.8, 4) is 0 Å². The summed E-state index contributed by atoms with van der Waals surface area (Å²) in [6.07, 6.45) is 9.95. The molecule has 2 aromatic heterocycles. The number of hydrogen-bond donors (Lipinski definition) is 2. The SMILES string of the molecule is NC1CCC(CNc2nccn3cnnc23)CC1. The van der Waals surface area contributed by atoms with Crippen LogP contribution in [0.25, 0.3) is 5.65 Å². The van der Waals surface area contributed by atoms with E-state index in [1.807, 2.05) is 10.6 Å². The van der Waals surface area contributed by atoms with Crippen molar-refractivity contribution in [1.82, 2.24) is 19.6 Å². The van der Waals surface area contributed by atoms with Crippen molar-refractivity contribution >= 4 is 11.5 Å². The van der Waals surface area contributed by atoms with E-state index in [0.29, 0.717) is 12.0 Å². The maximum Gasteiger partial charge on any atom is 0.203 e. The summed E-state index contributed by atoms with van der Waals surface area (Å²) in [7, 11) is 0. The van der Waals surface area contributed by atoms with Crippen LogP contribution in [0.15, 0.2) is 18.7 Å². The first-order valence-electron chi connectivity index (χ1n) is 6.47. The minimum absolute atomic E-state index is 0.402. The molecule has 1 fully saturated rings. The average Bonchev–Trinajstić information content (AvgIpc) is 2.87. The summed E-state index contributed by atoms with van der Waals surface area (Å²) in [5.74, 6) is 1.50. The summed E-state index contributed by atoms with van der Waals surface area (Å²) >= 11 is 0. The van der Waals surface area contributed by atoms with Gasteiger partial charge in [0.2, 0.25) is 5.65 Å². The second-order valence-corrected chi connectivity index (χ2v) is 5.00. The zero-order chi connectivity index (χ0) is 12.4. The minimum Gasteiger partial charge on any atom is -0.367 e. The molecule has 0 radical (unpaired) electrons. The molecule has 1 aliphatic carbocycles. The van der Waals surface area contributed by atoms with E-state index >= 15 is 0 Å². The molecule has 6 nitrogen and oxygen atoms in total. The van der Waals surface area contributed by atoms with Gasteiger partial charge in [-0.15, -0.1) is 10.2 Å². The molecule has 0 bridgehead atoms. The van der Waals surface area contributed by atoms with Crippen LogP contribution in [0.3, 0.4) is 0 Å². The Hall–Kier alpha value is -1.69. The molecule has 0 spiro atoms. The molecule has 0 unspecified atom stereocenters. The van der Waals surface area contributed by atoms with Gasteiger partial charge in [-0.05, 0) is 31.6 Å². The van der Waals surface area contributed by atoms with Crippen molar-refractivity contribution in [2.45, 2.75) is 31.7 Å². The van der Waals surface area contributed by atoms with Crippen molar-refractivity contribution in [3.63, 3.8) is 0 Å². The number of hydrogen-bond acceptors (Lipinski definition) is 5. The lowest BCUT2D eigenvalue weighted by Crippen LogP contribution is -2.29. The lowest BCUT2D eigenvalue weighted by Gasteiger charge is -2.26. The van der Waals surface area contributed by atoms with Crippen LogP contribution in [0.2, 0.25) is 0 Å². The van der Waals surface area contributed by atoms with Crippen molar-refractivity contribution < 1.29 is 0 Å². The Kier molecular flexibility index (Phi) is 3.10. The maximum atomic E-state index is 5.91. The molecule has 3 N–H and O–H groups in total. The number of rotatable bonds is 3. The van der Waals surface area contributed by atoms with E-state index < -0.39 is 0 Å². The quantitative estimate of drug-likeness (QED) is 0.846. The molecular weight excluding hydrogens is 228 g/mol. The van der Waals surface area contributed by atoms with E-state index in [2.05, 4.69) is 20.5 Å². The summed E-state index contributed by atoms with van der Waals surface area (Å²) in [5.41, 5.74) is 6.69. The molecule has 18 heavy (non-hydrogen) atoms. The van der Waals surface area contributed by atoms with Crippen LogP contribution >= 0.6 is 0 Å². The molecule has 0 saturated heterocycles. The van der Waals surface area contributed by atoms with Crippen LogP contribution in [0.5, 0.6) is 0 Å². The highest BCUT2D eigenvalue weighted by Gasteiger charge is 2.18. The lowest BCUT2D eigenvalue weighted by atomic mass is 9.86. The first kappa shape index (κ1) is 11.4. The Morgan fingerprint density at radius 3 is 3.00 bits per heavy atom. The predicted molar refractivity (Wildman–Crippen MR) is 69.2 cm³/mol. The number of anilines is 1. The molecule has 1 aliphatic rings. The van der Waals surface area contributed by atoms with Crippen molar-refractivity contribution in [2.24, 2.45) is 11.7 Å². The van der Waals surface area contributed by atoms with Gasteiger partial charge in [0.05, 0.1) is 0 Å². The standard InChI is InChI=1S/C12H18N6/c13-10-3-1-9(2-4-10)7-15-11-12-17-16-8-18(12)6-5-14-11/h5-6,8-10H,1-4,7,13H2,(H,14,15). The molecule has 96 valence electrons. The van der Waals surface area contributed by atoms with E-state index in [9.17, 15) is 0 Å². The van der Waals surface area contributed by atoms with Crippen molar-refractivity contribution in [2.75, 3.05) is 11.9 Å². The third-order valence-electron chi connectivity index (χ3n) is 3.67. The third kappa shape index (κ3) is 2.28. The number of aromatic nitrogens is 4. The summed E-state index contributed by atoms with van der Waals surface area (Å²) in [6.45, 7) is 0.937. The number of nitrogens with one attached hydrogen (secondary N) is 1. The summed E-state index contributed by atoms with van der Waals surface area (Å²) in [4.78, 5) is 4.32. The van der Waals surface area contributed by atoms with Gasteiger partial charge in [-0.25, -0.2) is 4.98 Å². The lowest BCUT2D eigenvalue weighted by molar-refractivity contribution is 0.338. The first-order valence-corrected chi connectivity index (χ1v) is 6.47. The summed E-state index contributed by atoms with van der Waals surface area (Å²) in [5, 5.41) is 11.3. The van der Waals surface area contributed by atoms with Crippen molar-refractivity contribution in [3.05, 3.63) is 18.7 Å². The molecular formula is C12H18N6. The highest BCUT2D eigenvalue weighted by molar-refractivity contribution is 5.61. The Labute approximate surface area is 106 Å². The molecule has 6 heteroatoms. The number of nitrogens with zero attached hydrogens (tertiary/aromatic N) is 4. The summed E-state index contributed by atoms with van der Waals surface area (Å²) in [6, 6.07) is 0.402. The van der Waals surface area contributed by atoms with Crippen LogP contribution in [0.1, 0.15) is 25.7 Å². The molecule has 2 aromatic rings. The molecule has 0 aliphatic heterocycles. The maximum absolute atomic E-state index is 5.91. The molecule has 0 aromatic carbocycles. The average molecular weight is 246 g/mol. The van der Waals surface area contributed by atoms with Gasteiger partial charge in [-0.3, -0.25) is 4.40 Å². The predicted octanol–water partition coefficient (Wildman–Crippen LogP) is 1.05. The van der Waals surface area contributed by atoms with Crippen molar-refractivity contribution in [1.29, 1.82) is 0 Å². The van der Waals surface area contributed by atoms with Gasteiger partial charge in [0.1, 0.15) is 6.33 Å². The van der Waals surface area contributed by atoms with Gasteiger partial charge < -0.3 is 11.1 Å². The second-order valence-electron chi connectivity index (χ2n) is 5.00. The minimum atomic E-state index is 0.402. The summed E-state index contributed by atoms with van der Waals surface area (Å²) < 4.78 is 1.87. The van der Waals surface area contributed by atoms with E-state index in [0.717, 1.165) is 30.9 Å². The monoisotopic (exact) mass is 246 g/mol. The molecule has 3 rings (SSSR count). The highest BCUT2D eigenvalue weighted by atomic mass is 15.2. The molecule has 2 heterocycles. The fraction of sp³-hybridized carbons (Fsp3) is 0.583. The fourth-order valence-corrected chi connectivity index (χ4v) is 2.52. The van der Waals surface area contributed by atoms with E-state index in [1.54, 1.807) is 12.5 Å². The smallest absolute Gasteiger partial charge is 0.203 e. The van der Waals surface area contributed by atoms with E-state index in [-0.39, 0.29) is 0 Å². The van der Waals surface area contributed by atoms with Gasteiger partial charge in [-0.1, -0.05) is 0 Å². The van der Waals surface area contributed by atoms with Gasteiger partial charge in [-0.2, -0.15) is 0 Å². The first-order chi connectivity index (χ1) is 8.83. The Balaban J connectivity index is 1.64. The van der Waals surface area contributed by atoms with Crippen LogP contribution in [-0.4, -0.2) is 32.2 Å². The fourth-order valence-electron chi connectivity index (χ4n) is 2.52. The van der Waals surface area contributed by atoms with Crippen LogP contribution in [0, 0.1) is 5.92 Å². The number of fused-ring (bicyclic) bond motifs is 1. The van der Waals surface area contributed by atoms with Gasteiger partial charge in [0, 0.05) is 25.0 Å². The molecule has 0 atom stereocenters. The van der Waals surface area contributed by atoms with E-state index in [4.69, 9.17) is 5.73 Å². The largest absolute Gasteiger partial charge is 0.367 e.